The Morgan fingerprint density at radius 3 is 2.62 bits per heavy atom. The van der Waals surface area contributed by atoms with Gasteiger partial charge in [-0.05, 0) is 43.4 Å². The summed E-state index contributed by atoms with van der Waals surface area (Å²) in [5.41, 5.74) is 2.49. The van der Waals surface area contributed by atoms with E-state index in [0.29, 0.717) is 18.4 Å². The van der Waals surface area contributed by atoms with Crippen LogP contribution in [0.2, 0.25) is 0 Å². The molecule has 0 amide bonds. The Labute approximate surface area is 133 Å². The molecule has 0 saturated heterocycles. The van der Waals surface area contributed by atoms with Crippen molar-refractivity contribution < 1.29 is 9.47 Å². The summed E-state index contributed by atoms with van der Waals surface area (Å²) < 4.78 is 11.0. The van der Waals surface area contributed by atoms with Crippen LogP contribution in [0.15, 0.2) is 23.8 Å². The number of hydrogen-bond acceptors (Lipinski definition) is 2. The third-order valence-corrected chi connectivity index (χ3v) is 4.43. The maximum atomic E-state index is 6.18. The summed E-state index contributed by atoms with van der Waals surface area (Å²) >= 11 is 6.18. The van der Waals surface area contributed by atoms with Crippen molar-refractivity contribution >= 4 is 17.7 Å². The van der Waals surface area contributed by atoms with Crippen molar-refractivity contribution in [1.82, 2.24) is 0 Å². The van der Waals surface area contributed by atoms with Gasteiger partial charge < -0.3 is 9.47 Å². The Kier molecular flexibility index (Phi) is 6.44. The second-order valence-electron chi connectivity index (χ2n) is 5.53. The Morgan fingerprint density at radius 1 is 1.24 bits per heavy atom. The van der Waals surface area contributed by atoms with E-state index < -0.39 is 0 Å². The predicted molar refractivity (Wildman–Crippen MR) is 89.4 cm³/mol. The van der Waals surface area contributed by atoms with Crippen molar-refractivity contribution in [3.8, 4) is 11.5 Å². The number of alkyl halides is 1. The summed E-state index contributed by atoms with van der Waals surface area (Å²) in [5.74, 6) is 2.83. The molecule has 0 atom stereocenters. The molecule has 3 heteroatoms. The molecular formula is C18H25ClO2. The lowest BCUT2D eigenvalue weighted by atomic mass is 9.83. The van der Waals surface area contributed by atoms with E-state index in [1.165, 1.54) is 37.7 Å². The largest absolute Gasteiger partial charge is 0.493 e. The highest BCUT2D eigenvalue weighted by Gasteiger charge is 2.17. The molecule has 0 radical (unpaired) electrons. The molecular weight excluding hydrogens is 284 g/mol. The van der Waals surface area contributed by atoms with Crippen LogP contribution in [0.5, 0.6) is 11.5 Å². The molecule has 0 aliphatic heterocycles. The number of hydrogen-bond donors (Lipinski definition) is 0. The highest BCUT2D eigenvalue weighted by atomic mass is 35.5. The quantitative estimate of drug-likeness (QED) is 0.664. The van der Waals surface area contributed by atoms with Crippen molar-refractivity contribution in [2.24, 2.45) is 5.92 Å². The number of ether oxygens (including phenoxy) is 2. The first-order valence-corrected chi connectivity index (χ1v) is 8.39. The zero-order valence-electron chi connectivity index (χ0n) is 13.0. The SMILES string of the molecule is CCOc1ccc(/C=C(/CCl)C2CCCCC2)cc1OC. The van der Waals surface area contributed by atoms with Gasteiger partial charge in [0.15, 0.2) is 11.5 Å². The third kappa shape index (κ3) is 4.41. The average Bonchev–Trinajstić information content (AvgIpc) is 2.54. The average molecular weight is 309 g/mol. The molecule has 0 N–H and O–H groups in total. The number of halogens is 1. The summed E-state index contributed by atoms with van der Waals surface area (Å²) in [6.45, 7) is 2.61. The second-order valence-corrected chi connectivity index (χ2v) is 5.80. The summed E-state index contributed by atoms with van der Waals surface area (Å²) in [5, 5.41) is 0. The van der Waals surface area contributed by atoms with E-state index in [9.17, 15) is 0 Å². The zero-order chi connectivity index (χ0) is 15.1. The smallest absolute Gasteiger partial charge is 0.161 e. The molecule has 0 bridgehead atoms. The van der Waals surface area contributed by atoms with E-state index in [1.807, 2.05) is 19.1 Å². The first-order chi connectivity index (χ1) is 10.3. The topological polar surface area (TPSA) is 18.5 Å². The fraction of sp³-hybridized carbons (Fsp3) is 0.556. The Bertz CT molecular complexity index is 476. The highest BCUT2D eigenvalue weighted by Crippen LogP contribution is 2.33. The molecule has 116 valence electrons. The molecule has 21 heavy (non-hydrogen) atoms. The van der Waals surface area contributed by atoms with Gasteiger partial charge in [0.25, 0.3) is 0 Å². The maximum absolute atomic E-state index is 6.18. The van der Waals surface area contributed by atoms with E-state index in [0.717, 1.165) is 17.1 Å². The fourth-order valence-electron chi connectivity index (χ4n) is 3.00. The van der Waals surface area contributed by atoms with E-state index >= 15 is 0 Å². The third-order valence-electron chi connectivity index (χ3n) is 4.12. The summed E-state index contributed by atoms with van der Waals surface area (Å²) in [6.07, 6.45) is 8.78. The summed E-state index contributed by atoms with van der Waals surface area (Å²) in [7, 11) is 1.68. The molecule has 0 aromatic heterocycles. The van der Waals surface area contributed by atoms with Crippen molar-refractivity contribution in [2.75, 3.05) is 19.6 Å². The molecule has 1 aromatic carbocycles. The van der Waals surface area contributed by atoms with Gasteiger partial charge in [-0.1, -0.05) is 37.0 Å². The van der Waals surface area contributed by atoms with Crippen LogP contribution in [0.25, 0.3) is 6.08 Å². The monoisotopic (exact) mass is 308 g/mol. The Hall–Kier alpha value is -1.15. The molecule has 1 saturated carbocycles. The molecule has 0 heterocycles. The van der Waals surface area contributed by atoms with Crippen LogP contribution in [0.1, 0.15) is 44.6 Å². The number of rotatable bonds is 6. The lowest BCUT2D eigenvalue weighted by molar-refractivity contribution is 0.311. The predicted octanol–water partition coefficient (Wildman–Crippen LogP) is 5.30. The zero-order valence-corrected chi connectivity index (χ0v) is 13.8. The molecule has 0 unspecified atom stereocenters. The van der Waals surface area contributed by atoms with Crippen molar-refractivity contribution in [3.05, 3.63) is 29.3 Å². The Morgan fingerprint density at radius 2 is 2.00 bits per heavy atom. The van der Waals surface area contributed by atoms with Gasteiger partial charge in [0.2, 0.25) is 0 Å². The maximum Gasteiger partial charge on any atom is 0.161 e. The molecule has 1 aliphatic rings. The lowest BCUT2D eigenvalue weighted by Gasteiger charge is -2.23. The van der Waals surface area contributed by atoms with Crippen LogP contribution in [0.3, 0.4) is 0 Å². The minimum Gasteiger partial charge on any atom is -0.493 e. The van der Waals surface area contributed by atoms with Crippen LogP contribution < -0.4 is 9.47 Å². The van der Waals surface area contributed by atoms with Gasteiger partial charge >= 0.3 is 0 Å². The highest BCUT2D eigenvalue weighted by molar-refractivity contribution is 6.19. The van der Waals surface area contributed by atoms with Gasteiger partial charge in [-0.25, -0.2) is 0 Å². The van der Waals surface area contributed by atoms with Crippen LogP contribution >= 0.6 is 11.6 Å². The molecule has 1 aliphatic carbocycles. The minimum absolute atomic E-state index is 0.611. The number of benzene rings is 1. The summed E-state index contributed by atoms with van der Waals surface area (Å²) in [4.78, 5) is 0. The van der Waals surface area contributed by atoms with Crippen molar-refractivity contribution in [1.29, 1.82) is 0 Å². The van der Waals surface area contributed by atoms with Crippen LogP contribution in [-0.4, -0.2) is 19.6 Å². The number of methoxy groups -OCH3 is 1. The fourth-order valence-corrected chi connectivity index (χ4v) is 3.30. The van der Waals surface area contributed by atoms with Crippen LogP contribution in [-0.2, 0) is 0 Å². The first-order valence-electron chi connectivity index (χ1n) is 7.85. The van der Waals surface area contributed by atoms with Crippen molar-refractivity contribution in [3.63, 3.8) is 0 Å². The van der Waals surface area contributed by atoms with Crippen molar-refractivity contribution in [2.45, 2.75) is 39.0 Å². The van der Waals surface area contributed by atoms with Gasteiger partial charge in [0.05, 0.1) is 13.7 Å². The van der Waals surface area contributed by atoms with Gasteiger partial charge in [-0.2, -0.15) is 0 Å². The van der Waals surface area contributed by atoms with Gasteiger partial charge in [0.1, 0.15) is 0 Å². The lowest BCUT2D eigenvalue weighted by Crippen LogP contribution is -2.10. The number of allylic oxidation sites excluding steroid dienone is 1. The molecule has 1 fully saturated rings. The van der Waals surface area contributed by atoms with E-state index in [1.54, 1.807) is 7.11 Å². The van der Waals surface area contributed by atoms with Gasteiger partial charge in [-0.3, -0.25) is 0 Å². The second kappa shape index (κ2) is 8.33. The van der Waals surface area contributed by atoms with Gasteiger partial charge in [0, 0.05) is 5.88 Å². The van der Waals surface area contributed by atoms with Crippen LogP contribution in [0.4, 0.5) is 0 Å². The molecule has 1 aromatic rings. The van der Waals surface area contributed by atoms with Crippen LogP contribution in [0, 0.1) is 5.92 Å². The molecule has 0 spiro atoms. The summed E-state index contributed by atoms with van der Waals surface area (Å²) in [6, 6.07) is 6.07. The standard InChI is InChI=1S/C18H25ClO2/c1-3-21-17-10-9-14(12-18(17)20-2)11-16(13-19)15-7-5-4-6-8-15/h9-12,15H,3-8,13H2,1-2H3/b16-11-. The van der Waals surface area contributed by atoms with Gasteiger partial charge in [-0.15, -0.1) is 11.6 Å². The first kappa shape index (κ1) is 16.2. The van der Waals surface area contributed by atoms with E-state index in [-0.39, 0.29) is 0 Å². The Balaban J connectivity index is 2.20. The molecule has 2 nitrogen and oxygen atoms in total. The minimum atomic E-state index is 0.611. The van der Waals surface area contributed by atoms with E-state index in [4.69, 9.17) is 21.1 Å². The molecule has 2 rings (SSSR count). The normalized spacial score (nSPS) is 16.8. The van der Waals surface area contributed by atoms with E-state index in [2.05, 4.69) is 12.1 Å².